The summed E-state index contributed by atoms with van der Waals surface area (Å²) in [5.41, 5.74) is 3.95. The van der Waals surface area contributed by atoms with Crippen LogP contribution in [0.2, 0.25) is 0 Å². The molecule has 0 bridgehead atoms. The summed E-state index contributed by atoms with van der Waals surface area (Å²) in [7, 11) is 0. The minimum atomic E-state index is 0.652. The summed E-state index contributed by atoms with van der Waals surface area (Å²) in [5.74, 6) is 0. The van der Waals surface area contributed by atoms with Crippen LogP contribution in [0.4, 0.5) is 0 Å². The third-order valence-corrected chi connectivity index (χ3v) is 3.63. The average Bonchev–Trinajstić information content (AvgIpc) is 2.26. The Labute approximate surface area is 96.4 Å². The Morgan fingerprint density at radius 2 is 2.31 bits per heavy atom. The standard InChI is InChI=1S/C13H18N2O/c1-2-11-4-3-10-7-15(12-8-16-9-12)6-5-13(10)14-11/h3-4,12H,2,5-9H2,1H3. The Balaban J connectivity index is 1.78. The predicted molar refractivity (Wildman–Crippen MR) is 62.3 cm³/mol. The lowest BCUT2D eigenvalue weighted by atomic mass is 10.0. The van der Waals surface area contributed by atoms with E-state index in [0.717, 1.165) is 39.1 Å². The summed E-state index contributed by atoms with van der Waals surface area (Å²) in [6, 6.07) is 5.07. The molecule has 16 heavy (non-hydrogen) atoms. The van der Waals surface area contributed by atoms with Gasteiger partial charge in [0.1, 0.15) is 0 Å². The van der Waals surface area contributed by atoms with Crippen LogP contribution in [0.25, 0.3) is 0 Å². The molecule has 86 valence electrons. The van der Waals surface area contributed by atoms with Gasteiger partial charge in [-0.05, 0) is 18.1 Å². The molecule has 0 N–H and O–H groups in total. The highest BCUT2D eigenvalue weighted by Crippen LogP contribution is 2.22. The van der Waals surface area contributed by atoms with Crippen LogP contribution in [0.3, 0.4) is 0 Å². The maximum absolute atomic E-state index is 5.26. The van der Waals surface area contributed by atoms with E-state index in [9.17, 15) is 0 Å². The van der Waals surface area contributed by atoms with Gasteiger partial charge >= 0.3 is 0 Å². The molecule has 3 nitrogen and oxygen atoms in total. The van der Waals surface area contributed by atoms with Crippen molar-refractivity contribution < 1.29 is 4.74 Å². The van der Waals surface area contributed by atoms with E-state index < -0.39 is 0 Å². The Kier molecular flexibility index (Phi) is 2.65. The molecule has 1 aromatic heterocycles. The fraction of sp³-hybridized carbons (Fsp3) is 0.615. The molecule has 0 aromatic carbocycles. The molecule has 3 heterocycles. The van der Waals surface area contributed by atoms with Crippen LogP contribution in [0, 0.1) is 0 Å². The van der Waals surface area contributed by atoms with Gasteiger partial charge in [-0.15, -0.1) is 0 Å². The average molecular weight is 218 g/mol. The van der Waals surface area contributed by atoms with Crippen molar-refractivity contribution in [1.29, 1.82) is 0 Å². The SMILES string of the molecule is CCc1ccc2c(n1)CCN(C1COC1)C2. The molecule has 2 aliphatic heterocycles. The Hall–Kier alpha value is -0.930. The molecular weight excluding hydrogens is 200 g/mol. The fourth-order valence-corrected chi connectivity index (χ4v) is 2.43. The van der Waals surface area contributed by atoms with Crippen molar-refractivity contribution in [3.63, 3.8) is 0 Å². The lowest BCUT2D eigenvalue weighted by Gasteiger charge is -2.39. The van der Waals surface area contributed by atoms with Crippen LogP contribution in [-0.2, 0) is 24.1 Å². The van der Waals surface area contributed by atoms with Crippen LogP contribution >= 0.6 is 0 Å². The highest BCUT2D eigenvalue weighted by Gasteiger charge is 2.29. The van der Waals surface area contributed by atoms with E-state index in [1.165, 1.54) is 17.0 Å². The predicted octanol–water partition coefficient (Wildman–Crippen LogP) is 1.40. The highest BCUT2D eigenvalue weighted by atomic mass is 16.5. The Morgan fingerprint density at radius 1 is 1.44 bits per heavy atom. The number of aromatic nitrogens is 1. The molecule has 3 rings (SSSR count). The molecule has 0 amide bonds. The van der Waals surface area contributed by atoms with E-state index in [0.29, 0.717) is 6.04 Å². The lowest BCUT2D eigenvalue weighted by Crippen LogP contribution is -2.50. The smallest absolute Gasteiger partial charge is 0.0645 e. The summed E-state index contributed by atoms with van der Waals surface area (Å²) in [4.78, 5) is 7.24. The van der Waals surface area contributed by atoms with Crippen molar-refractivity contribution in [3.8, 4) is 0 Å². The van der Waals surface area contributed by atoms with Gasteiger partial charge in [0, 0.05) is 30.9 Å². The van der Waals surface area contributed by atoms with E-state index in [-0.39, 0.29) is 0 Å². The monoisotopic (exact) mass is 218 g/mol. The molecule has 0 unspecified atom stereocenters. The molecule has 3 heteroatoms. The largest absolute Gasteiger partial charge is 0.378 e. The fourth-order valence-electron chi connectivity index (χ4n) is 2.43. The van der Waals surface area contributed by atoms with Gasteiger partial charge in [0.25, 0.3) is 0 Å². The highest BCUT2D eigenvalue weighted by molar-refractivity contribution is 5.25. The van der Waals surface area contributed by atoms with Crippen LogP contribution < -0.4 is 0 Å². The maximum atomic E-state index is 5.26. The van der Waals surface area contributed by atoms with Gasteiger partial charge in [-0.25, -0.2) is 0 Å². The van der Waals surface area contributed by atoms with Gasteiger partial charge in [0.05, 0.1) is 19.3 Å². The number of hydrogen-bond donors (Lipinski definition) is 0. The first kappa shape index (κ1) is 10.2. The molecular formula is C13H18N2O. The number of aryl methyl sites for hydroxylation is 1. The van der Waals surface area contributed by atoms with Gasteiger partial charge in [0.2, 0.25) is 0 Å². The molecule has 1 fully saturated rings. The van der Waals surface area contributed by atoms with E-state index in [1.54, 1.807) is 0 Å². The van der Waals surface area contributed by atoms with E-state index in [4.69, 9.17) is 9.72 Å². The van der Waals surface area contributed by atoms with Gasteiger partial charge < -0.3 is 4.74 Å². The summed E-state index contributed by atoms with van der Waals surface area (Å²) in [6.45, 7) is 6.18. The van der Waals surface area contributed by atoms with E-state index >= 15 is 0 Å². The van der Waals surface area contributed by atoms with Crippen molar-refractivity contribution in [1.82, 2.24) is 9.88 Å². The van der Waals surface area contributed by atoms with E-state index in [2.05, 4.69) is 24.0 Å². The van der Waals surface area contributed by atoms with Crippen molar-refractivity contribution in [2.45, 2.75) is 32.4 Å². The minimum absolute atomic E-state index is 0.652. The normalized spacial score (nSPS) is 21.6. The third-order valence-electron chi connectivity index (χ3n) is 3.63. The Morgan fingerprint density at radius 3 is 3.00 bits per heavy atom. The molecule has 0 atom stereocenters. The van der Waals surface area contributed by atoms with Gasteiger partial charge in [-0.3, -0.25) is 9.88 Å². The molecule has 2 aliphatic rings. The second-order valence-electron chi connectivity index (χ2n) is 4.67. The number of hydrogen-bond acceptors (Lipinski definition) is 3. The number of ether oxygens (including phenoxy) is 1. The number of fused-ring (bicyclic) bond motifs is 1. The molecule has 0 spiro atoms. The second-order valence-corrected chi connectivity index (χ2v) is 4.67. The minimum Gasteiger partial charge on any atom is -0.378 e. The van der Waals surface area contributed by atoms with Crippen molar-refractivity contribution in [3.05, 3.63) is 29.1 Å². The summed E-state index contributed by atoms with van der Waals surface area (Å²) in [5, 5.41) is 0. The van der Waals surface area contributed by atoms with Crippen molar-refractivity contribution in [2.24, 2.45) is 0 Å². The van der Waals surface area contributed by atoms with Crippen LogP contribution in [0.15, 0.2) is 12.1 Å². The quantitative estimate of drug-likeness (QED) is 0.750. The number of pyridine rings is 1. The van der Waals surface area contributed by atoms with Crippen molar-refractivity contribution in [2.75, 3.05) is 19.8 Å². The third kappa shape index (κ3) is 1.74. The zero-order chi connectivity index (χ0) is 11.0. The van der Waals surface area contributed by atoms with Gasteiger partial charge in [-0.1, -0.05) is 13.0 Å². The summed E-state index contributed by atoms with van der Waals surface area (Å²) >= 11 is 0. The van der Waals surface area contributed by atoms with Crippen LogP contribution in [0.5, 0.6) is 0 Å². The van der Waals surface area contributed by atoms with E-state index in [1.807, 2.05) is 0 Å². The second kappa shape index (κ2) is 4.15. The number of rotatable bonds is 2. The molecule has 1 aromatic rings. The van der Waals surface area contributed by atoms with Crippen LogP contribution in [0.1, 0.15) is 23.9 Å². The molecule has 0 radical (unpaired) electrons. The van der Waals surface area contributed by atoms with Crippen LogP contribution in [-0.4, -0.2) is 35.7 Å². The molecule has 0 aliphatic carbocycles. The zero-order valence-corrected chi connectivity index (χ0v) is 9.78. The molecule has 1 saturated heterocycles. The first-order chi connectivity index (χ1) is 7.86. The summed E-state index contributed by atoms with van der Waals surface area (Å²) < 4.78 is 5.26. The lowest BCUT2D eigenvalue weighted by molar-refractivity contribution is -0.0696. The first-order valence-electron chi connectivity index (χ1n) is 6.16. The number of nitrogens with zero attached hydrogens (tertiary/aromatic N) is 2. The topological polar surface area (TPSA) is 25.4 Å². The molecule has 0 saturated carbocycles. The van der Waals surface area contributed by atoms with Gasteiger partial charge in [0.15, 0.2) is 0 Å². The maximum Gasteiger partial charge on any atom is 0.0645 e. The Bertz CT molecular complexity index is 388. The van der Waals surface area contributed by atoms with Crippen molar-refractivity contribution >= 4 is 0 Å². The summed E-state index contributed by atoms with van der Waals surface area (Å²) in [6.07, 6.45) is 2.13. The van der Waals surface area contributed by atoms with Gasteiger partial charge in [-0.2, -0.15) is 0 Å². The zero-order valence-electron chi connectivity index (χ0n) is 9.78. The first-order valence-corrected chi connectivity index (χ1v) is 6.16.